The quantitative estimate of drug-likeness (QED) is 0.766. The number of phenolic OH excluding ortho intramolecular Hbond substituents is 1. The molecule has 70 valence electrons. The molecule has 0 aromatic heterocycles. The van der Waals surface area contributed by atoms with Crippen molar-refractivity contribution in [3.63, 3.8) is 0 Å². The summed E-state index contributed by atoms with van der Waals surface area (Å²) < 4.78 is 0. The van der Waals surface area contributed by atoms with Crippen LogP contribution >= 0.6 is 11.6 Å². The first kappa shape index (κ1) is 10.1. The summed E-state index contributed by atoms with van der Waals surface area (Å²) in [5, 5.41) is 18.2. The Kier molecular flexibility index (Phi) is 3.34. The number of aromatic hydroxyl groups is 1. The highest BCUT2D eigenvalue weighted by Gasteiger charge is 2.02. The number of rotatable bonds is 2. The highest BCUT2D eigenvalue weighted by Crippen LogP contribution is 2.28. The lowest BCUT2D eigenvalue weighted by Gasteiger charge is -2.02. The Hall–Kier alpha value is -0.990. The Bertz CT molecular complexity index is 309. The van der Waals surface area contributed by atoms with Crippen molar-refractivity contribution in [2.75, 3.05) is 6.61 Å². The van der Waals surface area contributed by atoms with Gasteiger partial charge in [0.25, 0.3) is 0 Å². The van der Waals surface area contributed by atoms with Crippen molar-refractivity contribution >= 4 is 17.7 Å². The minimum absolute atomic E-state index is 0.00244. The molecular formula is C10H11ClO2. The molecule has 0 unspecified atom stereocenters. The van der Waals surface area contributed by atoms with Gasteiger partial charge in [-0.25, -0.2) is 0 Å². The van der Waals surface area contributed by atoms with Gasteiger partial charge in [0.15, 0.2) is 0 Å². The maximum Gasteiger partial charge on any atom is 0.137 e. The van der Waals surface area contributed by atoms with Crippen LogP contribution in [0, 0.1) is 6.92 Å². The molecule has 0 bridgehead atoms. The molecule has 0 fully saturated rings. The van der Waals surface area contributed by atoms with E-state index in [0.717, 1.165) is 11.1 Å². The first-order chi connectivity index (χ1) is 6.15. The molecule has 2 N–H and O–H groups in total. The van der Waals surface area contributed by atoms with Gasteiger partial charge in [0, 0.05) is 0 Å². The summed E-state index contributed by atoms with van der Waals surface area (Å²) in [6.07, 6.45) is 3.36. The summed E-state index contributed by atoms with van der Waals surface area (Å²) in [4.78, 5) is 0. The van der Waals surface area contributed by atoms with Crippen molar-refractivity contribution in [1.82, 2.24) is 0 Å². The lowest BCUT2D eigenvalue weighted by Crippen LogP contribution is -1.80. The molecule has 1 rings (SSSR count). The van der Waals surface area contributed by atoms with Gasteiger partial charge in [-0.05, 0) is 30.2 Å². The number of aliphatic hydroxyl groups excluding tert-OH is 1. The first-order valence-electron chi connectivity index (χ1n) is 3.91. The van der Waals surface area contributed by atoms with Crippen molar-refractivity contribution in [2.45, 2.75) is 6.92 Å². The molecule has 0 saturated carbocycles. The van der Waals surface area contributed by atoms with Gasteiger partial charge >= 0.3 is 0 Å². The van der Waals surface area contributed by atoms with Crippen LogP contribution in [-0.2, 0) is 0 Å². The number of phenols is 1. The monoisotopic (exact) mass is 198 g/mol. The number of aliphatic hydroxyl groups is 1. The van der Waals surface area contributed by atoms with Gasteiger partial charge in [0.05, 0.1) is 11.6 Å². The predicted octanol–water partition coefficient (Wildman–Crippen LogP) is 2.36. The molecular weight excluding hydrogens is 188 g/mol. The molecule has 0 heterocycles. The number of halogens is 1. The van der Waals surface area contributed by atoms with Gasteiger partial charge in [-0.3, -0.25) is 0 Å². The van der Waals surface area contributed by atoms with E-state index in [-0.39, 0.29) is 12.4 Å². The molecule has 0 saturated heterocycles. The van der Waals surface area contributed by atoms with E-state index in [1.165, 1.54) is 0 Å². The summed E-state index contributed by atoms with van der Waals surface area (Å²) in [7, 11) is 0. The highest BCUT2D eigenvalue weighted by molar-refractivity contribution is 6.32. The Morgan fingerprint density at radius 2 is 2.15 bits per heavy atom. The second-order valence-electron chi connectivity index (χ2n) is 2.75. The normalized spacial score (nSPS) is 11.0. The molecule has 0 aliphatic carbocycles. The Balaban J connectivity index is 3.06. The Labute approximate surface area is 82.1 Å². The summed E-state index contributed by atoms with van der Waals surface area (Å²) in [6, 6.07) is 3.45. The molecule has 1 aromatic carbocycles. The second kappa shape index (κ2) is 4.30. The van der Waals surface area contributed by atoms with E-state index >= 15 is 0 Å². The third kappa shape index (κ3) is 2.47. The van der Waals surface area contributed by atoms with E-state index in [4.69, 9.17) is 16.7 Å². The minimum Gasteiger partial charge on any atom is -0.506 e. The molecule has 0 radical (unpaired) electrons. The van der Waals surface area contributed by atoms with E-state index in [1.54, 1.807) is 31.2 Å². The summed E-state index contributed by atoms with van der Waals surface area (Å²) >= 11 is 5.75. The average Bonchev–Trinajstić information content (AvgIpc) is 2.10. The van der Waals surface area contributed by atoms with Gasteiger partial charge in [-0.1, -0.05) is 23.8 Å². The molecule has 1 aromatic rings. The Morgan fingerprint density at radius 1 is 1.46 bits per heavy atom. The number of hydrogen-bond donors (Lipinski definition) is 2. The molecule has 3 heteroatoms. The second-order valence-corrected chi connectivity index (χ2v) is 3.16. The third-order valence-electron chi connectivity index (χ3n) is 1.69. The van der Waals surface area contributed by atoms with Crippen LogP contribution in [-0.4, -0.2) is 16.8 Å². The van der Waals surface area contributed by atoms with Gasteiger partial charge in [0.1, 0.15) is 5.75 Å². The Morgan fingerprint density at radius 3 is 2.69 bits per heavy atom. The van der Waals surface area contributed by atoms with Crippen LogP contribution < -0.4 is 0 Å². The molecule has 0 atom stereocenters. The van der Waals surface area contributed by atoms with Crippen LogP contribution in [0.25, 0.3) is 6.08 Å². The predicted molar refractivity (Wildman–Crippen MR) is 54.0 cm³/mol. The highest BCUT2D eigenvalue weighted by atomic mass is 35.5. The smallest absolute Gasteiger partial charge is 0.137 e. The maximum atomic E-state index is 9.35. The van der Waals surface area contributed by atoms with Gasteiger partial charge in [-0.2, -0.15) is 0 Å². The maximum absolute atomic E-state index is 9.35. The standard InChI is InChI=1S/C10H11ClO2/c1-7-5-8(3-2-4-12)6-9(11)10(7)13/h2-3,5-6,12-13H,4H2,1H3. The SMILES string of the molecule is Cc1cc(C=CCO)cc(Cl)c1O. The van der Waals surface area contributed by atoms with E-state index in [9.17, 15) is 5.11 Å². The largest absolute Gasteiger partial charge is 0.506 e. The molecule has 0 aliphatic rings. The van der Waals surface area contributed by atoms with Crippen molar-refractivity contribution in [3.05, 3.63) is 34.4 Å². The van der Waals surface area contributed by atoms with E-state index in [0.29, 0.717) is 5.02 Å². The van der Waals surface area contributed by atoms with Crippen molar-refractivity contribution in [2.24, 2.45) is 0 Å². The third-order valence-corrected chi connectivity index (χ3v) is 1.98. The van der Waals surface area contributed by atoms with Crippen LogP contribution in [0.5, 0.6) is 5.75 Å². The fraction of sp³-hybridized carbons (Fsp3) is 0.200. The van der Waals surface area contributed by atoms with Crippen LogP contribution in [0.4, 0.5) is 0 Å². The molecule has 0 spiro atoms. The van der Waals surface area contributed by atoms with Crippen LogP contribution in [0.3, 0.4) is 0 Å². The fourth-order valence-electron chi connectivity index (χ4n) is 1.05. The zero-order valence-electron chi connectivity index (χ0n) is 7.29. The summed E-state index contributed by atoms with van der Waals surface area (Å²) in [6.45, 7) is 1.77. The first-order valence-corrected chi connectivity index (χ1v) is 4.29. The fourth-order valence-corrected chi connectivity index (χ4v) is 1.32. The number of benzene rings is 1. The van der Waals surface area contributed by atoms with E-state index in [2.05, 4.69) is 0 Å². The zero-order chi connectivity index (χ0) is 9.84. The van der Waals surface area contributed by atoms with Crippen LogP contribution in [0.1, 0.15) is 11.1 Å². The van der Waals surface area contributed by atoms with Crippen molar-refractivity contribution in [1.29, 1.82) is 0 Å². The molecule has 0 amide bonds. The van der Waals surface area contributed by atoms with Crippen LogP contribution in [0.15, 0.2) is 18.2 Å². The topological polar surface area (TPSA) is 40.5 Å². The summed E-state index contributed by atoms with van der Waals surface area (Å²) in [5.41, 5.74) is 1.60. The van der Waals surface area contributed by atoms with Crippen molar-refractivity contribution < 1.29 is 10.2 Å². The molecule has 2 nitrogen and oxygen atoms in total. The van der Waals surface area contributed by atoms with E-state index < -0.39 is 0 Å². The average molecular weight is 199 g/mol. The van der Waals surface area contributed by atoms with Crippen molar-refractivity contribution in [3.8, 4) is 5.75 Å². The van der Waals surface area contributed by atoms with Gasteiger partial charge in [0.2, 0.25) is 0 Å². The van der Waals surface area contributed by atoms with Gasteiger partial charge < -0.3 is 10.2 Å². The van der Waals surface area contributed by atoms with E-state index in [1.807, 2.05) is 0 Å². The molecule has 13 heavy (non-hydrogen) atoms. The summed E-state index contributed by atoms with van der Waals surface area (Å²) in [5.74, 6) is 0.114. The van der Waals surface area contributed by atoms with Crippen LogP contribution in [0.2, 0.25) is 5.02 Å². The lowest BCUT2D eigenvalue weighted by atomic mass is 10.1. The molecule has 0 aliphatic heterocycles. The number of hydrogen-bond acceptors (Lipinski definition) is 2. The van der Waals surface area contributed by atoms with Gasteiger partial charge in [-0.15, -0.1) is 0 Å². The number of aryl methyl sites for hydroxylation is 1. The zero-order valence-corrected chi connectivity index (χ0v) is 8.04. The minimum atomic E-state index is -0.00244. The lowest BCUT2D eigenvalue weighted by molar-refractivity contribution is 0.343.